The fourth-order valence-corrected chi connectivity index (χ4v) is 7.46. The lowest BCUT2D eigenvalue weighted by Crippen LogP contribution is -2.44. The summed E-state index contributed by atoms with van der Waals surface area (Å²) in [5.74, 6) is -2.09. The van der Waals surface area contributed by atoms with Gasteiger partial charge in [0.05, 0.1) is 23.1 Å². The molecule has 284 valence electrons. The van der Waals surface area contributed by atoms with E-state index in [0.29, 0.717) is 35.4 Å². The van der Waals surface area contributed by atoms with E-state index in [-0.39, 0.29) is 48.5 Å². The van der Waals surface area contributed by atoms with Crippen molar-refractivity contribution in [1.82, 2.24) is 20.5 Å². The highest BCUT2D eigenvalue weighted by Gasteiger charge is 2.43. The fourth-order valence-electron chi connectivity index (χ4n) is 6.56. The van der Waals surface area contributed by atoms with Crippen LogP contribution in [0, 0.1) is 17.8 Å². The van der Waals surface area contributed by atoms with Crippen LogP contribution in [-0.4, -0.2) is 51.6 Å². The zero-order chi connectivity index (χ0) is 38.8. The lowest BCUT2D eigenvalue weighted by molar-refractivity contribution is -0.149. The average Bonchev–Trinajstić information content (AvgIpc) is 3.76. The van der Waals surface area contributed by atoms with E-state index in [1.54, 1.807) is 36.6 Å². The van der Waals surface area contributed by atoms with Gasteiger partial charge in [-0.15, -0.1) is 11.3 Å². The van der Waals surface area contributed by atoms with E-state index in [1.165, 1.54) is 16.2 Å². The molecule has 5 rings (SSSR count). The second-order valence-electron chi connectivity index (χ2n) is 14.6. The molecule has 10 nitrogen and oxygen atoms in total. The fraction of sp³-hybridized carbons (Fsp3) is 0.395. The van der Waals surface area contributed by atoms with Crippen LogP contribution in [-0.2, 0) is 27.4 Å². The second kappa shape index (κ2) is 18.7. The van der Waals surface area contributed by atoms with Crippen molar-refractivity contribution in [3.63, 3.8) is 0 Å². The molecule has 0 aliphatic carbocycles. The average molecular weight is 751 g/mol. The number of nitrogens with zero attached hydrogens (tertiary/aromatic N) is 2. The second-order valence-corrected chi connectivity index (χ2v) is 15.5. The molecule has 0 fully saturated rings. The number of aromatic nitrogens is 1. The zero-order valence-electron chi connectivity index (χ0n) is 31.6. The van der Waals surface area contributed by atoms with Crippen LogP contribution in [0.3, 0.4) is 0 Å². The molecular weight excluding hydrogens is 701 g/mol. The summed E-state index contributed by atoms with van der Waals surface area (Å²) in [6.07, 6.45) is 2.26. The van der Waals surface area contributed by atoms with Crippen LogP contribution in [0.4, 0.5) is 0 Å². The number of carbonyl (C=O) groups is 5. The third-order valence-corrected chi connectivity index (χ3v) is 10.9. The molecule has 1 aliphatic rings. The summed E-state index contributed by atoms with van der Waals surface area (Å²) >= 11 is 1.19. The Morgan fingerprint density at radius 1 is 0.796 bits per heavy atom. The number of thiazole rings is 1. The minimum Gasteiger partial charge on any atom is -0.461 e. The molecule has 4 amide bonds. The molecule has 1 aliphatic heterocycles. The van der Waals surface area contributed by atoms with E-state index in [1.807, 2.05) is 88.4 Å². The van der Waals surface area contributed by atoms with Gasteiger partial charge in [0.2, 0.25) is 5.91 Å². The Morgan fingerprint density at radius 3 is 1.98 bits per heavy atom. The number of esters is 1. The molecule has 1 aromatic heterocycles. The molecular formula is C43H50N4O6S. The van der Waals surface area contributed by atoms with Crippen LogP contribution in [0.2, 0.25) is 0 Å². The van der Waals surface area contributed by atoms with Gasteiger partial charge >= 0.3 is 5.97 Å². The lowest BCUT2D eigenvalue weighted by Gasteiger charge is -2.31. The van der Waals surface area contributed by atoms with Crippen LogP contribution in [0.25, 0.3) is 0 Å². The summed E-state index contributed by atoms with van der Waals surface area (Å²) in [5.41, 5.74) is 2.63. The monoisotopic (exact) mass is 750 g/mol. The maximum atomic E-state index is 13.9. The first-order valence-electron chi connectivity index (χ1n) is 18.7. The van der Waals surface area contributed by atoms with Crippen molar-refractivity contribution >= 4 is 40.9 Å². The van der Waals surface area contributed by atoms with Crippen molar-refractivity contribution in [2.45, 2.75) is 91.5 Å². The number of benzene rings is 3. The van der Waals surface area contributed by atoms with Gasteiger partial charge in [-0.3, -0.25) is 28.9 Å². The van der Waals surface area contributed by atoms with Crippen LogP contribution >= 0.6 is 11.3 Å². The summed E-state index contributed by atoms with van der Waals surface area (Å²) in [5, 5.41) is 8.28. The van der Waals surface area contributed by atoms with Crippen molar-refractivity contribution in [1.29, 1.82) is 0 Å². The van der Waals surface area contributed by atoms with Crippen LogP contribution in [0.1, 0.15) is 114 Å². The lowest BCUT2D eigenvalue weighted by atomic mass is 9.95. The van der Waals surface area contributed by atoms with Crippen LogP contribution in [0.15, 0.2) is 90.3 Å². The third kappa shape index (κ3) is 10.3. The molecule has 4 aromatic rings. The van der Waals surface area contributed by atoms with E-state index in [0.717, 1.165) is 17.5 Å². The molecule has 2 heterocycles. The standard InChI is InChI=1S/C43H50N4O6S/c1-6-28(4)21-38(48)45-35(27(2)3)24-37(47-41(50)33-19-13-14-20-34(33)42(47)51)40-46-36(26-54-40)39(49)44-32(23-30-15-9-7-10-16-30)22-29(5)43(52)53-25-31-17-11-8-12-18-31/h7-20,26-29,32,35,37H,6,21-25H2,1-5H3,(H,44,49)(H,45,48)/t28-,29-,32+,35+,37+/m0/s1. The van der Waals surface area contributed by atoms with Crippen molar-refractivity contribution in [2.75, 3.05) is 0 Å². The number of hydrogen-bond acceptors (Lipinski definition) is 8. The first-order chi connectivity index (χ1) is 25.9. The van der Waals surface area contributed by atoms with Crippen molar-refractivity contribution in [2.24, 2.45) is 17.8 Å². The molecule has 0 radical (unpaired) electrons. The van der Waals surface area contributed by atoms with Crippen molar-refractivity contribution < 1.29 is 28.7 Å². The Kier molecular flexibility index (Phi) is 13.9. The molecule has 3 aromatic carbocycles. The van der Waals surface area contributed by atoms with Gasteiger partial charge in [0.25, 0.3) is 17.7 Å². The Hall–Kier alpha value is -5.16. The quantitative estimate of drug-likeness (QED) is 0.0792. The van der Waals surface area contributed by atoms with Crippen LogP contribution < -0.4 is 10.6 Å². The smallest absolute Gasteiger partial charge is 0.309 e. The van der Waals surface area contributed by atoms with Gasteiger partial charge in [0.1, 0.15) is 17.3 Å². The summed E-state index contributed by atoms with van der Waals surface area (Å²) in [6.45, 7) is 9.99. The van der Waals surface area contributed by atoms with Gasteiger partial charge < -0.3 is 15.4 Å². The van der Waals surface area contributed by atoms with Gasteiger partial charge in [-0.05, 0) is 54.4 Å². The highest BCUT2D eigenvalue weighted by Crippen LogP contribution is 2.36. The van der Waals surface area contributed by atoms with Crippen molar-refractivity contribution in [3.8, 4) is 0 Å². The predicted octanol–water partition coefficient (Wildman–Crippen LogP) is 7.56. The minimum absolute atomic E-state index is 0.0218. The van der Waals surface area contributed by atoms with Gasteiger partial charge in [-0.25, -0.2) is 4.98 Å². The topological polar surface area (TPSA) is 135 Å². The number of hydrogen-bond donors (Lipinski definition) is 2. The van der Waals surface area contributed by atoms with Gasteiger partial charge in [0.15, 0.2) is 0 Å². The zero-order valence-corrected chi connectivity index (χ0v) is 32.4. The number of rotatable bonds is 18. The molecule has 11 heteroatoms. The summed E-state index contributed by atoms with van der Waals surface area (Å²) < 4.78 is 5.60. The molecule has 5 atom stereocenters. The number of nitrogens with one attached hydrogen (secondary N) is 2. The Labute approximate surface area is 321 Å². The highest BCUT2D eigenvalue weighted by atomic mass is 32.1. The predicted molar refractivity (Wildman–Crippen MR) is 209 cm³/mol. The normalized spacial score (nSPS) is 15.3. The van der Waals surface area contributed by atoms with Gasteiger partial charge in [-0.2, -0.15) is 0 Å². The van der Waals surface area contributed by atoms with E-state index in [9.17, 15) is 24.0 Å². The van der Waals surface area contributed by atoms with E-state index < -0.39 is 35.7 Å². The van der Waals surface area contributed by atoms with Gasteiger partial charge in [0, 0.05) is 23.9 Å². The molecule has 0 saturated heterocycles. The Morgan fingerprint density at radius 2 is 1.39 bits per heavy atom. The Bertz CT molecular complexity index is 1880. The number of amides is 4. The van der Waals surface area contributed by atoms with Gasteiger partial charge in [-0.1, -0.05) is 114 Å². The van der Waals surface area contributed by atoms with E-state index >= 15 is 0 Å². The molecule has 2 N–H and O–H groups in total. The van der Waals surface area contributed by atoms with Crippen LogP contribution in [0.5, 0.6) is 0 Å². The molecule has 54 heavy (non-hydrogen) atoms. The summed E-state index contributed by atoms with van der Waals surface area (Å²) in [7, 11) is 0. The SMILES string of the molecule is CC[C@H](C)CC(=O)N[C@H](C[C@H](c1nc(C(=O)N[C@@H](Cc2ccccc2)C[C@H](C)C(=O)OCc2ccccc2)cs1)N1C(=O)c2ccccc2C1=O)C(C)C. The maximum Gasteiger partial charge on any atom is 0.309 e. The molecule has 0 bridgehead atoms. The summed E-state index contributed by atoms with van der Waals surface area (Å²) in [4.78, 5) is 73.6. The minimum atomic E-state index is -0.834. The van der Waals surface area contributed by atoms with Crippen molar-refractivity contribution in [3.05, 3.63) is 123 Å². The number of carbonyl (C=O) groups excluding carboxylic acids is 5. The molecule has 0 saturated carbocycles. The third-order valence-electron chi connectivity index (χ3n) is 9.96. The number of ether oxygens (including phenoxy) is 1. The first-order valence-corrected chi connectivity index (χ1v) is 19.6. The molecule has 0 spiro atoms. The highest BCUT2D eigenvalue weighted by molar-refractivity contribution is 7.10. The maximum absolute atomic E-state index is 13.9. The molecule has 0 unspecified atom stereocenters. The van der Waals surface area contributed by atoms with E-state index in [2.05, 4.69) is 10.6 Å². The number of fused-ring (bicyclic) bond motifs is 1. The Balaban J connectivity index is 1.37. The van der Waals surface area contributed by atoms with E-state index in [4.69, 9.17) is 9.72 Å². The summed E-state index contributed by atoms with van der Waals surface area (Å²) in [6, 6.07) is 24.2. The number of imide groups is 1. The largest absolute Gasteiger partial charge is 0.461 e. The first kappa shape index (κ1) is 40.0.